The molecule has 0 unspecified atom stereocenters. The van der Waals surface area contributed by atoms with Crippen LogP contribution in [-0.2, 0) is 28.5 Å². The first kappa shape index (κ1) is 31.2. The summed E-state index contributed by atoms with van der Waals surface area (Å²) in [6.45, 7) is 3.09. The fourth-order valence-corrected chi connectivity index (χ4v) is 4.31. The molecule has 1 aromatic rings. The third-order valence-corrected chi connectivity index (χ3v) is 6.78. The molecule has 2 fully saturated rings. The summed E-state index contributed by atoms with van der Waals surface area (Å²) in [5.41, 5.74) is 5.94. The lowest BCUT2D eigenvalue weighted by Crippen LogP contribution is -2.59. The highest BCUT2D eigenvalue weighted by Crippen LogP contribution is 2.25. The highest BCUT2D eigenvalue weighted by molar-refractivity contribution is 5.95. The minimum absolute atomic E-state index is 0.0346. The maximum absolute atomic E-state index is 12.4. The molecule has 13 heteroatoms. The molecule has 3 rings (SSSR count). The van der Waals surface area contributed by atoms with Crippen molar-refractivity contribution in [1.29, 1.82) is 0 Å². The lowest BCUT2D eigenvalue weighted by atomic mass is 9.99. The lowest BCUT2D eigenvalue weighted by molar-refractivity contribution is -0.286. The maximum Gasteiger partial charge on any atom is 0.342 e. The molecule has 1 aromatic carbocycles. The molecule has 7 N–H and O–H groups in total. The van der Waals surface area contributed by atoms with E-state index in [9.17, 15) is 35.1 Å². The van der Waals surface area contributed by atoms with E-state index >= 15 is 0 Å². The number of nitrogens with two attached hydrogens (primary N) is 1. The number of ether oxygens (including phenoxy) is 5. The number of hydrogen-bond donors (Lipinski definition) is 6. The predicted molar refractivity (Wildman–Crippen MR) is 134 cm³/mol. The van der Waals surface area contributed by atoms with Crippen molar-refractivity contribution in [2.45, 2.75) is 107 Å². The molecule has 0 bridgehead atoms. The van der Waals surface area contributed by atoms with Crippen LogP contribution in [0, 0.1) is 0 Å². The number of para-hydroxylation sites is 1. The zero-order valence-corrected chi connectivity index (χ0v) is 22.0. The smallest absolute Gasteiger partial charge is 0.342 e. The fraction of sp³-hybridized carbons (Fsp3) is 0.692. The fourth-order valence-electron chi connectivity index (χ4n) is 4.31. The summed E-state index contributed by atoms with van der Waals surface area (Å²) in [7, 11) is 0. The first-order chi connectivity index (χ1) is 18.5. The monoisotopic (exact) mass is 557 g/mol. The molecule has 0 aromatic heterocycles. The molecule has 13 nitrogen and oxygen atoms in total. The van der Waals surface area contributed by atoms with Crippen LogP contribution in [0.4, 0.5) is 5.69 Å². The highest BCUT2D eigenvalue weighted by atomic mass is 16.7. The minimum Gasteiger partial charge on any atom is -0.463 e. The second-order valence-electron chi connectivity index (χ2n) is 9.96. The van der Waals surface area contributed by atoms with Gasteiger partial charge in [-0.1, -0.05) is 18.6 Å². The zero-order chi connectivity index (χ0) is 28.7. The van der Waals surface area contributed by atoms with E-state index in [1.54, 1.807) is 19.1 Å². The van der Waals surface area contributed by atoms with Gasteiger partial charge in [-0.3, -0.25) is 4.79 Å². The van der Waals surface area contributed by atoms with E-state index in [2.05, 4.69) is 0 Å². The van der Waals surface area contributed by atoms with E-state index in [1.165, 1.54) is 12.1 Å². The number of esters is 2. The average molecular weight is 558 g/mol. The Morgan fingerprint density at radius 1 is 1.00 bits per heavy atom. The van der Waals surface area contributed by atoms with Gasteiger partial charge in [-0.05, 0) is 38.8 Å². The van der Waals surface area contributed by atoms with Gasteiger partial charge in [-0.2, -0.15) is 0 Å². The summed E-state index contributed by atoms with van der Waals surface area (Å²) >= 11 is 0. The van der Waals surface area contributed by atoms with Crippen LogP contribution in [0.5, 0.6) is 0 Å². The van der Waals surface area contributed by atoms with E-state index in [0.717, 1.165) is 0 Å². The van der Waals surface area contributed by atoms with Crippen molar-refractivity contribution in [3.05, 3.63) is 29.8 Å². The van der Waals surface area contributed by atoms with Crippen LogP contribution in [0.25, 0.3) is 0 Å². The summed E-state index contributed by atoms with van der Waals surface area (Å²) in [6, 6.07) is 6.11. The number of carbonyl (C=O) groups excluding carboxylic acids is 2. The van der Waals surface area contributed by atoms with E-state index in [0.29, 0.717) is 19.3 Å². The molecule has 2 heterocycles. The van der Waals surface area contributed by atoms with Crippen LogP contribution >= 0.6 is 0 Å². The molecule has 10 atom stereocenters. The lowest BCUT2D eigenvalue weighted by Gasteiger charge is -2.39. The number of unbranched alkanes of at least 4 members (excludes halogenated alkanes) is 1. The van der Waals surface area contributed by atoms with Crippen LogP contribution < -0.4 is 5.73 Å². The largest absolute Gasteiger partial charge is 0.463 e. The van der Waals surface area contributed by atoms with Gasteiger partial charge in [0, 0.05) is 18.5 Å². The SMILES string of the molecule is C[C@H](CCCCC(=O)OC[C@H]1O[C@@H](OC(=O)c2ccccc2N)[C@H](O)[C@@H](O)[C@@H]1O)O[C@@H]1O[C@@H](C)[C@H](O)C[C@H]1O. The van der Waals surface area contributed by atoms with E-state index in [1.807, 2.05) is 6.92 Å². The van der Waals surface area contributed by atoms with Gasteiger partial charge in [-0.25, -0.2) is 4.79 Å². The summed E-state index contributed by atoms with van der Waals surface area (Å²) in [6.07, 6.45) is -9.21. The maximum atomic E-state index is 12.4. The third kappa shape index (κ3) is 8.56. The molecule has 0 saturated carbocycles. The predicted octanol–water partition coefficient (Wildman–Crippen LogP) is -0.401. The average Bonchev–Trinajstić information content (AvgIpc) is 2.89. The number of aliphatic hydroxyl groups excluding tert-OH is 5. The van der Waals surface area contributed by atoms with Gasteiger partial charge in [0.1, 0.15) is 37.1 Å². The molecule has 39 heavy (non-hydrogen) atoms. The zero-order valence-electron chi connectivity index (χ0n) is 22.0. The quantitative estimate of drug-likeness (QED) is 0.116. The first-order valence-electron chi connectivity index (χ1n) is 13.1. The van der Waals surface area contributed by atoms with Crippen molar-refractivity contribution in [1.82, 2.24) is 0 Å². The van der Waals surface area contributed by atoms with Crippen LogP contribution in [0.3, 0.4) is 0 Å². The Labute approximate surface area is 226 Å². The van der Waals surface area contributed by atoms with Crippen LogP contribution in [-0.4, -0.2) is 105 Å². The third-order valence-electron chi connectivity index (χ3n) is 6.78. The van der Waals surface area contributed by atoms with Gasteiger partial charge >= 0.3 is 11.9 Å². The molecule has 2 aliphatic rings. The Bertz CT molecular complexity index is 947. The summed E-state index contributed by atoms with van der Waals surface area (Å²) in [5.74, 6) is -1.47. The second kappa shape index (κ2) is 14.3. The van der Waals surface area contributed by atoms with Gasteiger partial charge in [0.15, 0.2) is 6.29 Å². The van der Waals surface area contributed by atoms with Crippen molar-refractivity contribution < 1.29 is 58.8 Å². The van der Waals surface area contributed by atoms with E-state index in [4.69, 9.17) is 29.4 Å². The minimum atomic E-state index is -1.74. The second-order valence-corrected chi connectivity index (χ2v) is 9.96. The van der Waals surface area contributed by atoms with Gasteiger partial charge in [-0.15, -0.1) is 0 Å². The Kier molecular flexibility index (Phi) is 11.4. The van der Waals surface area contributed by atoms with Crippen molar-refractivity contribution in [2.24, 2.45) is 0 Å². The molecule has 220 valence electrons. The van der Waals surface area contributed by atoms with Crippen molar-refractivity contribution in [3.63, 3.8) is 0 Å². The summed E-state index contributed by atoms with van der Waals surface area (Å²) in [5, 5.41) is 50.4. The molecule has 2 aliphatic heterocycles. The Morgan fingerprint density at radius 2 is 1.72 bits per heavy atom. The number of aliphatic hydroxyl groups is 5. The van der Waals surface area contributed by atoms with E-state index < -0.39 is 73.9 Å². The van der Waals surface area contributed by atoms with Crippen molar-refractivity contribution in [2.75, 3.05) is 12.3 Å². The van der Waals surface area contributed by atoms with Crippen LogP contribution in [0.15, 0.2) is 24.3 Å². The van der Waals surface area contributed by atoms with Crippen LogP contribution in [0.1, 0.15) is 56.3 Å². The molecular weight excluding hydrogens is 518 g/mol. The molecule has 0 amide bonds. The Balaban J connectivity index is 1.38. The number of rotatable bonds is 11. The number of anilines is 1. The van der Waals surface area contributed by atoms with Crippen molar-refractivity contribution >= 4 is 17.6 Å². The first-order valence-corrected chi connectivity index (χ1v) is 13.1. The molecule has 0 radical (unpaired) electrons. The van der Waals surface area contributed by atoms with Crippen LogP contribution in [0.2, 0.25) is 0 Å². The number of benzene rings is 1. The number of nitrogen functional groups attached to an aromatic ring is 1. The standard InChI is InChI=1S/C26H39NO12/c1-13(36-25-18(29)11-17(28)14(2)37-25)7-3-6-10-20(30)35-12-19-21(31)22(32)23(33)26(38-19)39-24(34)15-8-4-5-9-16(15)27/h4-5,8-9,13-14,17-19,21-23,25-26,28-29,31-33H,3,6-7,10-12,27H2,1-2H3/t13-,14+,17-,18-,19-,21-,22+,23-,25-,26+/m1/s1. The molecule has 0 aliphatic carbocycles. The molecule has 2 saturated heterocycles. The summed E-state index contributed by atoms with van der Waals surface area (Å²) < 4.78 is 27.0. The van der Waals surface area contributed by atoms with Gasteiger partial charge in [0.05, 0.1) is 23.9 Å². The van der Waals surface area contributed by atoms with Gasteiger partial charge < -0.3 is 55.0 Å². The Hall–Kier alpha value is -2.36. The Morgan fingerprint density at radius 3 is 2.44 bits per heavy atom. The van der Waals surface area contributed by atoms with Gasteiger partial charge in [0.25, 0.3) is 0 Å². The topological polar surface area (TPSA) is 207 Å². The summed E-state index contributed by atoms with van der Waals surface area (Å²) in [4.78, 5) is 24.6. The molecular formula is C26H39NO12. The number of hydrogen-bond acceptors (Lipinski definition) is 13. The highest BCUT2D eigenvalue weighted by Gasteiger charge is 2.46. The number of carbonyl (C=O) groups is 2. The molecule has 0 spiro atoms. The normalized spacial score (nSPS) is 33.8. The van der Waals surface area contributed by atoms with E-state index in [-0.39, 0.29) is 30.2 Å². The van der Waals surface area contributed by atoms with Gasteiger partial charge in [0.2, 0.25) is 6.29 Å². The van der Waals surface area contributed by atoms with Crippen molar-refractivity contribution in [3.8, 4) is 0 Å².